The lowest BCUT2D eigenvalue weighted by molar-refractivity contribution is 0.0735. The molecule has 1 amide bonds. The van der Waals surface area contributed by atoms with E-state index in [9.17, 15) is 4.79 Å². The maximum atomic E-state index is 13.1. The number of carbonyl (C=O) groups is 1. The Labute approximate surface area is 175 Å². The summed E-state index contributed by atoms with van der Waals surface area (Å²) in [6.45, 7) is 3.13. The molecule has 0 aliphatic carbocycles. The summed E-state index contributed by atoms with van der Waals surface area (Å²) in [7, 11) is 0. The predicted molar refractivity (Wildman–Crippen MR) is 109 cm³/mol. The molecule has 4 heterocycles. The Morgan fingerprint density at radius 3 is 2.96 bits per heavy atom. The first-order valence-corrected chi connectivity index (χ1v) is 10.6. The second-order valence-corrected chi connectivity index (χ2v) is 8.24. The van der Waals surface area contributed by atoms with Gasteiger partial charge in [-0.15, -0.1) is 11.3 Å². The van der Waals surface area contributed by atoms with E-state index in [1.165, 1.54) is 11.3 Å². The topological polar surface area (TPSA) is 81.1 Å². The largest absolute Gasteiger partial charge is 0.477 e. The third kappa shape index (κ3) is 3.90. The van der Waals surface area contributed by atoms with Gasteiger partial charge in [0.05, 0.1) is 29.9 Å². The molecule has 1 aliphatic rings. The number of pyridine rings is 1. The fraction of sp³-hybridized carbons (Fsp3) is 0.316. The van der Waals surface area contributed by atoms with Gasteiger partial charge in [-0.25, -0.2) is 9.97 Å². The summed E-state index contributed by atoms with van der Waals surface area (Å²) in [5.41, 5.74) is 1.68. The van der Waals surface area contributed by atoms with Gasteiger partial charge in [-0.05, 0) is 47.3 Å². The summed E-state index contributed by atoms with van der Waals surface area (Å²) in [6.07, 6.45) is 10.3. The minimum absolute atomic E-state index is 0.0194. The van der Waals surface area contributed by atoms with E-state index < -0.39 is 0 Å². The van der Waals surface area contributed by atoms with E-state index >= 15 is 0 Å². The number of likely N-dealkylation sites (tertiary alicyclic amines) is 1. The summed E-state index contributed by atoms with van der Waals surface area (Å²) < 4.78 is 6.31. The molecule has 0 bridgehead atoms. The van der Waals surface area contributed by atoms with Crippen molar-refractivity contribution >= 4 is 33.2 Å². The van der Waals surface area contributed by atoms with Crippen LogP contribution in [-0.4, -0.2) is 43.9 Å². The molecule has 1 aliphatic heterocycles. The van der Waals surface area contributed by atoms with Gasteiger partial charge in [-0.3, -0.25) is 14.8 Å². The first-order chi connectivity index (χ1) is 13.7. The number of rotatable bonds is 5. The highest BCUT2D eigenvalue weighted by molar-refractivity contribution is 9.10. The summed E-state index contributed by atoms with van der Waals surface area (Å²) >= 11 is 4.78. The van der Waals surface area contributed by atoms with Crippen LogP contribution in [0.5, 0.6) is 5.88 Å². The zero-order chi connectivity index (χ0) is 19.5. The lowest BCUT2D eigenvalue weighted by atomic mass is 10.1. The van der Waals surface area contributed by atoms with Crippen LogP contribution in [0.4, 0.5) is 0 Å². The number of ether oxygens (including phenoxy) is 1. The molecule has 0 aromatic carbocycles. The highest BCUT2D eigenvalue weighted by Crippen LogP contribution is 2.35. The normalized spacial score (nSPS) is 16.4. The molecule has 3 aromatic rings. The Hall–Kier alpha value is -2.39. The van der Waals surface area contributed by atoms with Crippen molar-refractivity contribution in [2.24, 2.45) is 0 Å². The molecule has 144 valence electrons. The van der Waals surface area contributed by atoms with Crippen LogP contribution >= 0.6 is 27.3 Å². The molecule has 7 nitrogen and oxygen atoms in total. The number of hydrogen-bond donors (Lipinski definition) is 0. The van der Waals surface area contributed by atoms with Crippen LogP contribution in [0.25, 0.3) is 10.6 Å². The smallest absolute Gasteiger partial charge is 0.283 e. The van der Waals surface area contributed by atoms with Crippen molar-refractivity contribution in [1.82, 2.24) is 24.8 Å². The fourth-order valence-corrected chi connectivity index (χ4v) is 4.47. The Morgan fingerprint density at radius 2 is 2.14 bits per heavy atom. The van der Waals surface area contributed by atoms with Crippen molar-refractivity contribution in [2.45, 2.75) is 25.8 Å². The van der Waals surface area contributed by atoms with Gasteiger partial charge >= 0.3 is 0 Å². The van der Waals surface area contributed by atoms with Crippen LogP contribution in [0.15, 0.2) is 41.5 Å². The quantitative estimate of drug-likeness (QED) is 0.570. The van der Waals surface area contributed by atoms with Crippen LogP contribution in [-0.2, 0) is 0 Å². The number of nitrogens with zero attached hydrogens (tertiary/aromatic N) is 5. The number of carbonyl (C=O) groups excluding carboxylic acids is 1. The summed E-state index contributed by atoms with van der Waals surface area (Å²) in [6, 6.07) is 2.04. The molecule has 28 heavy (non-hydrogen) atoms. The molecular formula is C19H18BrN5O2S. The number of aromatic nitrogens is 4. The Kier molecular flexibility index (Phi) is 5.63. The van der Waals surface area contributed by atoms with E-state index in [2.05, 4.69) is 35.9 Å². The minimum atomic E-state index is -0.0624. The summed E-state index contributed by atoms with van der Waals surface area (Å²) in [4.78, 5) is 33.0. The predicted octanol–water partition coefficient (Wildman–Crippen LogP) is 4.13. The van der Waals surface area contributed by atoms with Gasteiger partial charge in [0.25, 0.3) is 5.91 Å². The Bertz CT molecular complexity index is 996. The molecular weight excluding hydrogens is 442 g/mol. The van der Waals surface area contributed by atoms with Crippen LogP contribution in [0.1, 0.15) is 41.2 Å². The van der Waals surface area contributed by atoms with E-state index in [4.69, 9.17) is 4.74 Å². The SMILES string of the molecule is CCOc1cncc(-c2cnc(C(=O)N3CCCC3c3cncc(Br)c3)s2)n1. The molecule has 0 N–H and O–H groups in total. The van der Waals surface area contributed by atoms with Crippen molar-refractivity contribution < 1.29 is 9.53 Å². The van der Waals surface area contributed by atoms with Gasteiger partial charge in [-0.1, -0.05) is 0 Å². The zero-order valence-corrected chi connectivity index (χ0v) is 17.6. The van der Waals surface area contributed by atoms with E-state index in [1.807, 2.05) is 24.1 Å². The maximum Gasteiger partial charge on any atom is 0.283 e. The minimum Gasteiger partial charge on any atom is -0.477 e. The lowest BCUT2D eigenvalue weighted by Crippen LogP contribution is -2.30. The van der Waals surface area contributed by atoms with Crippen molar-refractivity contribution in [1.29, 1.82) is 0 Å². The average molecular weight is 460 g/mol. The lowest BCUT2D eigenvalue weighted by Gasteiger charge is -2.24. The second-order valence-electron chi connectivity index (χ2n) is 6.30. The molecule has 1 atom stereocenters. The Morgan fingerprint density at radius 1 is 1.29 bits per heavy atom. The molecule has 0 spiro atoms. The number of thiazole rings is 1. The monoisotopic (exact) mass is 459 g/mol. The van der Waals surface area contributed by atoms with E-state index in [1.54, 1.807) is 24.8 Å². The van der Waals surface area contributed by atoms with Crippen molar-refractivity contribution in [2.75, 3.05) is 13.2 Å². The number of hydrogen-bond acceptors (Lipinski definition) is 7. The van der Waals surface area contributed by atoms with E-state index in [0.717, 1.165) is 27.8 Å². The summed E-state index contributed by atoms with van der Waals surface area (Å²) in [5.74, 6) is 0.399. The van der Waals surface area contributed by atoms with Crippen LogP contribution in [0, 0.1) is 0 Å². The Balaban J connectivity index is 1.56. The van der Waals surface area contributed by atoms with Crippen molar-refractivity contribution in [3.8, 4) is 16.5 Å². The highest BCUT2D eigenvalue weighted by Gasteiger charge is 2.32. The molecule has 1 fully saturated rings. The average Bonchev–Trinajstić information content (AvgIpc) is 3.38. The van der Waals surface area contributed by atoms with E-state index in [0.29, 0.717) is 29.7 Å². The van der Waals surface area contributed by atoms with Gasteiger partial charge in [0, 0.05) is 29.6 Å². The number of amides is 1. The first kappa shape index (κ1) is 18.9. The van der Waals surface area contributed by atoms with Gasteiger partial charge in [0.1, 0.15) is 5.69 Å². The highest BCUT2D eigenvalue weighted by atomic mass is 79.9. The van der Waals surface area contributed by atoms with Gasteiger partial charge in [0.2, 0.25) is 5.88 Å². The van der Waals surface area contributed by atoms with Gasteiger partial charge in [-0.2, -0.15) is 0 Å². The van der Waals surface area contributed by atoms with Crippen molar-refractivity contribution in [3.63, 3.8) is 0 Å². The molecule has 0 saturated carbocycles. The van der Waals surface area contributed by atoms with Crippen LogP contribution < -0.4 is 4.74 Å². The van der Waals surface area contributed by atoms with Gasteiger partial charge in [0.15, 0.2) is 5.01 Å². The molecule has 1 saturated heterocycles. The third-order valence-corrected chi connectivity index (χ3v) is 5.91. The zero-order valence-electron chi connectivity index (χ0n) is 15.2. The molecule has 0 radical (unpaired) electrons. The number of halogens is 1. The van der Waals surface area contributed by atoms with Gasteiger partial charge < -0.3 is 9.64 Å². The first-order valence-electron chi connectivity index (χ1n) is 8.98. The second kappa shape index (κ2) is 8.32. The molecule has 4 rings (SSSR count). The van der Waals surface area contributed by atoms with Crippen molar-refractivity contribution in [3.05, 3.63) is 52.1 Å². The van der Waals surface area contributed by atoms with Crippen LogP contribution in [0.2, 0.25) is 0 Å². The third-order valence-electron chi connectivity index (χ3n) is 4.47. The standard InChI is InChI=1S/C19H18BrN5O2S/c1-2-27-17-11-22-9-14(24-17)16-10-23-18(28-16)19(26)25-5-3-4-15(25)12-6-13(20)8-21-7-12/h6-11,15H,2-5H2,1H3. The molecule has 9 heteroatoms. The molecule has 3 aromatic heterocycles. The van der Waals surface area contributed by atoms with Crippen LogP contribution in [0.3, 0.4) is 0 Å². The fourth-order valence-electron chi connectivity index (χ4n) is 3.27. The summed E-state index contributed by atoms with van der Waals surface area (Å²) in [5, 5.41) is 0.452. The maximum absolute atomic E-state index is 13.1. The van der Waals surface area contributed by atoms with E-state index in [-0.39, 0.29) is 11.9 Å². The molecule has 1 unspecified atom stereocenters.